The van der Waals surface area contributed by atoms with Gasteiger partial charge in [0, 0.05) is 5.56 Å². The Balaban J connectivity index is 2.06. The first-order valence-corrected chi connectivity index (χ1v) is 7.09. The standard InChI is InChI=1S/C18H11F3N2O/c19-18(20,21)14-6-3-5-13(10-14)17(24)23-15(11-22)9-8-12-4-1-2-7-16(12)23/h1-10,15H. The van der Waals surface area contributed by atoms with E-state index in [1.807, 2.05) is 6.07 Å². The molecule has 120 valence electrons. The van der Waals surface area contributed by atoms with Crippen molar-refractivity contribution in [2.45, 2.75) is 12.2 Å². The Labute approximate surface area is 136 Å². The summed E-state index contributed by atoms with van der Waals surface area (Å²) >= 11 is 0. The first-order chi connectivity index (χ1) is 11.4. The molecular weight excluding hydrogens is 317 g/mol. The molecule has 0 N–H and O–H groups in total. The van der Waals surface area contributed by atoms with E-state index >= 15 is 0 Å². The zero-order chi connectivity index (χ0) is 17.3. The van der Waals surface area contributed by atoms with Crippen molar-refractivity contribution in [3.8, 4) is 6.07 Å². The van der Waals surface area contributed by atoms with Gasteiger partial charge in [-0.1, -0.05) is 30.3 Å². The number of para-hydroxylation sites is 1. The lowest BCUT2D eigenvalue weighted by Crippen LogP contribution is -2.40. The van der Waals surface area contributed by atoms with Crippen molar-refractivity contribution in [1.29, 1.82) is 5.26 Å². The average Bonchev–Trinajstić information content (AvgIpc) is 2.59. The zero-order valence-corrected chi connectivity index (χ0v) is 12.3. The molecule has 6 heteroatoms. The second kappa shape index (κ2) is 5.85. The normalized spacial score (nSPS) is 16.4. The number of nitriles is 1. The molecule has 1 aliphatic heterocycles. The number of halogens is 3. The molecule has 0 radical (unpaired) electrons. The van der Waals surface area contributed by atoms with Crippen LogP contribution in [-0.4, -0.2) is 11.9 Å². The second-order valence-electron chi connectivity index (χ2n) is 5.25. The number of alkyl halides is 3. The summed E-state index contributed by atoms with van der Waals surface area (Å²) in [5, 5.41) is 9.29. The van der Waals surface area contributed by atoms with Gasteiger partial charge in [-0.25, -0.2) is 0 Å². The van der Waals surface area contributed by atoms with E-state index in [1.54, 1.807) is 36.4 Å². The molecule has 1 amide bonds. The summed E-state index contributed by atoms with van der Waals surface area (Å²) in [6, 6.07) is 12.2. The van der Waals surface area contributed by atoms with E-state index in [9.17, 15) is 23.2 Å². The summed E-state index contributed by atoms with van der Waals surface area (Å²) in [6.45, 7) is 0. The Hall–Kier alpha value is -3.07. The molecule has 3 rings (SSSR count). The predicted molar refractivity (Wildman–Crippen MR) is 83.1 cm³/mol. The quantitative estimate of drug-likeness (QED) is 0.784. The lowest BCUT2D eigenvalue weighted by Gasteiger charge is -2.30. The maximum absolute atomic E-state index is 12.9. The molecule has 0 fully saturated rings. The van der Waals surface area contributed by atoms with Crippen molar-refractivity contribution >= 4 is 17.7 Å². The van der Waals surface area contributed by atoms with E-state index in [-0.39, 0.29) is 5.56 Å². The first-order valence-electron chi connectivity index (χ1n) is 7.09. The van der Waals surface area contributed by atoms with Crippen molar-refractivity contribution in [3.05, 3.63) is 71.3 Å². The van der Waals surface area contributed by atoms with Gasteiger partial charge in [0.15, 0.2) is 0 Å². The Kier molecular flexibility index (Phi) is 3.86. The smallest absolute Gasteiger partial charge is 0.288 e. The number of rotatable bonds is 1. The van der Waals surface area contributed by atoms with Crippen molar-refractivity contribution in [3.63, 3.8) is 0 Å². The number of hydrogen-bond acceptors (Lipinski definition) is 2. The van der Waals surface area contributed by atoms with Crippen LogP contribution in [0.4, 0.5) is 18.9 Å². The Morgan fingerprint density at radius 1 is 1.12 bits per heavy atom. The van der Waals surface area contributed by atoms with Gasteiger partial charge in [-0.3, -0.25) is 9.69 Å². The largest absolute Gasteiger partial charge is 0.416 e. The van der Waals surface area contributed by atoms with Crippen LogP contribution in [0.2, 0.25) is 0 Å². The van der Waals surface area contributed by atoms with Crippen molar-refractivity contribution in [2.75, 3.05) is 4.90 Å². The third kappa shape index (κ3) is 2.76. The fraction of sp³-hybridized carbons (Fsp3) is 0.111. The summed E-state index contributed by atoms with van der Waals surface area (Å²) < 4.78 is 38.6. The molecular formula is C18H11F3N2O. The minimum atomic E-state index is -4.54. The van der Waals surface area contributed by atoms with Gasteiger partial charge in [0.05, 0.1) is 17.3 Å². The Morgan fingerprint density at radius 2 is 1.88 bits per heavy atom. The predicted octanol–water partition coefficient (Wildman–Crippen LogP) is 4.27. The van der Waals surface area contributed by atoms with Gasteiger partial charge in [0.2, 0.25) is 0 Å². The van der Waals surface area contributed by atoms with Crippen LogP contribution in [-0.2, 0) is 6.18 Å². The molecule has 0 saturated carbocycles. The average molecular weight is 328 g/mol. The van der Waals surface area contributed by atoms with Gasteiger partial charge < -0.3 is 0 Å². The van der Waals surface area contributed by atoms with Gasteiger partial charge in [0.25, 0.3) is 5.91 Å². The molecule has 2 aromatic carbocycles. The molecule has 1 heterocycles. The first kappa shape index (κ1) is 15.8. The summed E-state index contributed by atoms with van der Waals surface area (Å²) in [6.07, 6.45) is -1.27. The van der Waals surface area contributed by atoms with Crippen LogP contribution in [0.5, 0.6) is 0 Å². The second-order valence-corrected chi connectivity index (χ2v) is 5.25. The van der Waals surface area contributed by atoms with Gasteiger partial charge in [0.1, 0.15) is 6.04 Å². The number of fused-ring (bicyclic) bond motifs is 1. The van der Waals surface area contributed by atoms with Crippen LogP contribution >= 0.6 is 0 Å². The molecule has 3 nitrogen and oxygen atoms in total. The number of anilines is 1. The van der Waals surface area contributed by atoms with E-state index in [2.05, 4.69) is 0 Å². The van der Waals surface area contributed by atoms with Crippen LogP contribution < -0.4 is 4.90 Å². The Bertz CT molecular complexity index is 865. The van der Waals surface area contributed by atoms with Crippen LogP contribution in [0, 0.1) is 11.3 Å². The van der Waals surface area contributed by atoms with Gasteiger partial charge in [-0.2, -0.15) is 18.4 Å². The summed E-state index contributed by atoms with van der Waals surface area (Å²) in [4.78, 5) is 14.0. The summed E-state index contributed by atoms with van der Waals surface area (Å²) in [5.41, 5.74) is 0.205. The lowest BCUT2D eigenvalue weighted by molar-refractivity contribution is -0.137. The van der Waals surface area contributed by atoms with Crippen molar-refractivity contribution < 1.29 is 18.0 Å². The highest BCUT2D eigenvalue weighted by atomic mass is 19.4. The number of hydrogen-bond donors (Lipinski definition) is 0. The number of carbonyl (C=O) groups excluding carboxylic acids is 1. The maximum Gasteiger partial charge on any atom is 0.416 e. The van der Waals surface area contributed by atoms with E-state index in [4.69, 9.17) is 0 Å². The molecule has 1 aliphatic rings. The highest BCUT2D eigenvalue weighted by molar-refractivity contribution is 6.09. The van der Waals surface area contributed by atoms with Gasteiger partial charge in [-0.05, 0) is 35.9 Å². The Morgan fingerprint density at radius 3 is 2.58 bits per heavy atom. The van der Waals surface area contributed by atoms with E-state index in [0.29, 0.717) is 5.69 Å². The van der Waals surface area contributed by atoms with Gasteiger partial charge >= 0.3 is 6.18 Å². The molecule has 0 aliphatic carbocycles. The van der Waals surface area contributed by atoms with Crippen LogP contribution in [0.25, 0.3) is 6.08 Å². The van der Waals surface area contributed by atoms with E-state index < -0.39 is 23.7 Å². The molecule has 0 saturated heterocycles. The molecule has 24 heavy (non-hydrogen) atoms. The highest BCUT2D eigenvalue weighted by Gasteiger charge is 2.33. The molecule has 0 aromatic heterocycles. The van der Waals surface area contributed by atoms with Crippen LogP contribution in [0.15, 0.2) is 54.6 Å². The SMILES string of the molecule is N#CC1C=Cc2ccccc2N1C(=O)c1cccc(C(F)(F)F)c1. The zero-order valence-electron chi connectivity index (χ0n) is 12.3. The highest BCUT2D eigenvalue weighted by Crippen LogP contribution is 2.32. The van der Waals surface area contributed by atoms with Crippen LogP contribution in [0.3, 0.4) is 0 Å². The van der Waals surface area contributed by atoms with Crippen molar-refractivity contribution in [2.24, 2.45) is 0 Å². The van der Waals surface area contributed by atoms with E-state index in [1.165, 1.54) is 17.0 Å². The number of carbonyl (C=O) groups is 1. The summed E-state index contributed by atoms with van der Waals surface area (Å²) in [7, 11) is 0. The molecule has 2 aromatic rings. The fourth-order valence-corrected chi connectivity index (χ4v) is 2.58. The van der Waals surface area contributed by atoms with Crippen molar-refractivity contribution in [1.82, 2.24) is 0 Å². The summed E-state index contributed by atoms with van der Waals surface area (Å²) in [5.74, 6) is -0.649. The maximum atomic E-state index is 12.9. The monoisotopic (exact) mass is 328 g/mol. The van der Waals surface area contributed by atoms with E-state index in [0.717, 1.165) is 17.7 Å². The minimum Gasteiger partial charge on any atom is -0.288 e. The molecule has 0 bridgehead atoms. The third-order valence-corrected chi connectivity index (χ3v) is 3.72. The molecule has 0 spiro atoms. The minimum absolute atomic E-state index is 0.116. The molecule has 1 unspecified atom stereocenters. The number of benzene rings is 2. The third-order valence-electron chi connectivity index (χ3n) is 3.72. The fourth-order valence-electron chi connectivity index (χ4n) is 2.58. The topological polar surface area (TPSA) is 44.1 Å². The number of amides is 1. The molecule has 1 atom stereocenters. The lowest BCUT2D eigenvalue weighted by atomic mass is 10.0. The van der Waals surface area contributed by atoms with Crippen LogP contribution in [0.1, 0.15) is 21.5 Å². The van der Waals surface area contributed by atoms with Gasteiger partial charge in [-0.15, -0.1) is 0 Å². The number of nitrogens with zero attached hydrogens (tertiary/aromatic N) is 2.